The number of likely N-dealkylation sites (tertiary alicyclic amines) is 1. The number of benzene rings is 1. The molecule has 2 heterocycles. The van der Waals surface area contributed by atoms with E-state index in [4.69, 9.17) is 9.63 Å². The average Bonchev–Trinajstić information content (AvgIpc) is 3.09. The van der Waals surface area contributed by atoms with Crippen LogP contribution in [-0.4, -0.2) is 53.2 Å². The number of carboxylic acid groups (broad SMARTS) is 1. The first-order valence-corrected chi connectivity index (χ1v) is 8.99. The molecule has 8 heteroatoms. The molecule has 0 unspecified atom stereocenters. The zero-order valence-electron chi connectivity index (χ0n) is 14.9. The Labute approximate surface area is 156 Å². The smallest absolute Gasteiger partial charge is 0.309 e. The van der Waals surface area contributed by atoms with E-state index in [2.05, 4.69) is 15.4 Å². The van der Waals surface area contributed by atoms with E-state index in [1.54, 1.807) is 12.1 Å². The normalized spacial score (nSPS) is 14.7. The zero-order chi connectivity index (χ0) is 19.2. The number of carboxylic acids is 1. The minimum atomic E-state index is -0.718. The predicted molar refractivity (Wildman–Crippen MR) is 95.6 cm³/mol. The largest absolute Gasteiger partial charge is 0.481 e. The van der Waals surface area contributed by atoms with Gasteiger partial charge in [-0.2, -0.15) is 0 Å². The number of carbonyl (C=O) groups excluding carboxylic acids is 1. The zero-order valence-corrected chi connectivity index (χ0v) is 14.9. The summed E-state index contributed by atoms with van der Waals surface area (Å²) in [6.45, 7) is 2.70. The van der Waals surface area contributed by atoms with Crippen molar-refractivity contribution in [1.82, 2.24) is 15.4 Å². The number of unbranched alkanes of at least 4 members (excludes halogenated alkanes) is 2. The van der Waals surface area contributed by atoms with Crippen molar-refractivity contribution in [3.8, 4) is 11.3 Å². The van der Waals surface area contributed by atoms with E-state index in [0.717, 1.165) is 25.8 Å². The maximum absolute atomic E-state index is 12.9. The molecular weight excluding hydrogens is 353 g/mol. The van der Waals surface area contributed by atoms with E-state index < -0.39 is 5.97 Å². The molecule has 144 valence electrons. The van der Waals surface area contributed by atoms with Crippen molar-refractivity contribution in [2.45, 2.75) is 19.3 Å². The monoisotopic (exact) mass is 375 g/mol. The lowest BCUT2D eigenvalue weighted by Crippen LogP contribution is -2.50. The van der Waals surface area contributed by atoms with Crippen LogP contribution in [0.25, 0.3) is 11.3 Å². The van der Waals surface area contributed by atoms with Crippen molar-refractivity contribution in [3.63, 3.8) is 0 Å². The molecule has 2 N–H and O–H groups in total. The third kappa shape index (κ3) is 5.13. The summed E-state index contributed by atoms with van der Waals surface area (Å²) in [6, 6.07) is 7.30. The first kappa shape index (κ1) is 19.0. The van der Waals surface area contributed by atoms with Crippen molar-refractivity contribution in [1.29, 1.82) is 0 Å². The summed E-state index contributed by atoms with van der Waals surface area (Å²) in [5.41, 5.74) is 0.841. The minimum Gasteiger partial charge on any atom is -0.481 e. The Kier molecular flexibility index (Phi) is 6.18. The fourth-order valence-electron chi connectivity index (χ4n) is 2.97. The molecule has 0 saturated carbocycles. The predicted octanol–water partition coefficient (Wildman–Crippen LogP) is 2.40. The van der Waals surface area contributed by atoms with Crippen LogP contribution in [0.1, 0.15) is 29.8 Å². The van der Waals surface area contributed by atoms with Gasteiger partial charge in [0.15, 0.2) is 11.5 Å². The van der Waals surface area contributed by atoms with Crippen LogP contribution in [0.5, 0.6) is 0 Å². The summed E-state index contributed by atoms with van der Waals surface area (Å²) in [5.74, 6) is -1.17. The van der Waals surface area contributed by atoms with Crippen LogP contribution in [0.2, 0.25) is 0 Å². The molecule has 3 rings (SSSR count). The highest BCUT2D eigenvalue weighted by molar-refractivity contribution is 5.93. The van der Waals surface area contributed by atoms with Gasteiger partial charge in [-0.1, -0.05) is 11.6 Å². The average molecular weight is 375 g/mol. The number of nitrogens with zero attached hydrogens (tertiary/aromatic N) is 2. The second kappa shape index (κ2) is 8.77. The molecule has 0 spiro atoms. The molecule has 1 fully saturated rings. The lowest BCUT2D eigenvalue weighted by atomic mass is 10.00. The van der Waals surface area contributed by atoms with Gasteiger partial charge in [-0.25, -0.2) is 4.39 Å². The molecular formula is C19H22FN3O4. The number of rotatable bonds is 9. The van der Waals surface area contributed by atoms with Gasteiger partial charge >= 0.3 is 5.97 Å². The van der Waals surface area contributed by atoms with Crippen molar-refractivity contribution < 1.29 is 23.6 Å². The van der Waals surface area contributed by atoms with E-state index in [1.165, 1.54) is 18.2 Å². The van der Waals surface area contributed by atoms with Crippen LogP contribution in [0.4, 0.5) is 4.39 Å². The van der Waals surface area contributed by atoms with Crippen LogP contribution < -0.4 is 5.32 Å². The van der Waals surface area contributed by atoms with Crippen molar-refractivity contribution in [3.05, 3.63) is 41.8 Å². The first-order valence-electron chi connectivity index (χ1n) is 8.99. The third-order valence-electron chi connectivity index (χ3n) is 4.61. The molecule has 7 nitrogen and oxygen atoms in total. The van der Waals surface area contributed by atoms with Crippen LogP contribution in [-0.2, 0) is 4.79 Å². The molecule has 1 amide bonds. The lowest BCUT2D eigenvalue weighted by molar-refractivity contribution is -0.147. The summed E-state index contributed by atoms with van der Waals surface area (Å²) >= 11 is 0. The van der Waals surface area contributed by atoms with E-state index in [9.17, 15) is 14.0 Å². The Bertz CT molecular complexity index is 785. The van der Waals surface area contributed by atoms with Gasteiger partial charge in [-0.05, 0) is 43.7 Å². The Balaban J connectivity index is 1.32. The van der Waals surface area contributed by atoms with Crippen LogP contribution >= 0.6 is 0 Å². The third-order valence-corrected chi connectivity index (χ3v) is 4.61. The molecule has 27 heavy (non-hydrogen) atoms. The van der Waals surface area contributed by atoms with E-state index in [-0.39, 0.29) is 23.3 Å². The van der Waals surface area contributed by atoms with Crippen molar-refractivity contribution >= 4 is 11.9 Å². The van der Waals surface area contributed by atoms with Gasteiger partial charge in [-0.15, -0.1) is 0 Å². The number of aliphatic carboxylic acids is 1. The Hall–Kier alpha value is -2.74. The number of halogens is 1. The molecule has 0 atom stereocenters. The van der Waals surface area contributed by atoms with E-state index >= 15 is 0 Å². The topological polar surface area (TPSA) is 95.7 Å². The summed E-state index contributed by atoms with van der Waals surface area (Å²) in [5, 5.41) is 15.4. The molecule has 1 saturated heterocycles. The van der Waals surface area contributed by atoms with Crippen LogP contribution in [0, 0.1) is 11.7 Å². The van der Waals surface area contributed by atoms with E-state index in [0.29, 0.717) is 31.0 Å². The molecule has 1 aliphatic rings. The maximum atomic E-state index is 12.9. The first-order chi connectivity index (χ1) is 13.0. The van der Waals surface area contributed by atoms with Gasteiger partial charge in [0.2, 0.25) is 0 Å². The molecule has 2 aromatic rings. The molecule has 0 aliphatic carbocycles. The Morgan fingerprint density at radius 3 is 2.67 bits per heavy atom. The summed E-state index contributed by atoms with van der Waals surface area (Å²) in [7, 11) is 0. The summed E-state index contributed by atoms with van der Waals surface area (Å²) < 4.78 is 18.1. The number of hydrogen-bond acceptors (Lipinski definition) is 5. The van der Waals surface area contributed by atoms with Gasteiger partial charge in [0.05, 0.1) is 5.92 Å². The summed E-state index contributed by atoms with van der Waals surface area (Å²) in [6.07, 6.45) is 2.76. The van der Waals surface area contributed by atoms with Gasteiger partial charge in [0.25, 0.3) is 5.91 Å². The highest BCUT2D eigenvalue weighted by Gasteiger charge is 2.31. The second-order valence-corrected chi connectivity index (χ2v) is 6.69. The van der Waals surface area contributed by atoms with Gasteiger partial charge in [0, 0.05) is 31.3 Å². The number of carbonyl (C=O) groups is 2. The molecule has 1 aliphatic heterocycles. The molecule has 0 radical (unpaired) electrons. The lowest BCUT2D eigenvalue weighted by Gasteiger charge is -2.36. The fourth-order valence-corrected chi connectivity index (χ4v) is 2.97. The number of amides is 1. The Morgan fingerprint density at radius 1 is 1.22 bits per heavy atom. The number of hydrogen-bond donors (Lipinski definition) is 2. The maximum Gasteiger partial charge on any atom is 0.309 e. The second-order valence-electron chi connectivity index (χ2n) is 6.69. The Morgan fingerprint density at radius 2 is 1.96 bits per heavy atom. The summed E-state index contributed by atoms with van der Waals surface area (Å²) in [4.78, 5) is 24.9. The number of aromatic nitrogens is 1. The van der Waals surface area contributed by atoms with Crippen LogP contribution in [0.15, 0.2) is 34.9 Å². The van der Waals surface area contributed by atoms with Crippen molar-refractivity contribution in [2.75, 3.05) is 26.2 Å². The fraction of sp³-hybridized carbons (Fsp3) is 0.421. The SMILES string of the molecule is O=C(NCCCCCN1CC(C(=O)O)C1)c1cc(-c2ccc(F)cc2)on1. The highest BCUT2D eigenvalue weighted by atomic mass is 19.1. The molecule has 0 bridgehead atoms. The van der Waals surface area contributed by atoms with Gasteiger partial charge < -0.3 is 19.8 Å². The standard InChI is InChI=1S/C19H22FN3O4/c20-15-6-4-13(5-7-15)17-10-16(22-27-17)18(24)21-8-2-1-3-9-23-11-14(12-23)19(25)26/h4-7,10,14H,1-3,8-9,11-12H2,(H,21,24)(H,25,26). The van der Waals surface area contributed by atoms with Crippen molar-refractivity contribution in [2.24, 2.45) is 5.92 Å². The van der Waals surface area contributed by atoms with Gasteiger partial charge in [0.1, 0.15) is 5.82 Å². The van der Waals surface area contributed by atoms with E-state index in [1.807, 2.05) is 0 Å². The molecule has 1 aromatic heterocycles. The highest BCUT2D eigenvalue weighted by Crippen LogP contribution is 2.20. The van der Waals surface area contributed by atoms with Gasteiger partial charge in [-0.3, -0.25) is 9.59 Å². The quantitative estimate of drug-likeness (QED) is 0.654. The van der Waals surface area contributed by atoms with Crippen LogP contribution in [0.3, 0.4) is 0 Å². The molecule has 1 aromatic carbocycles. The number of nitrogens with one attached hydrogen (secondary N) is 1. The minimum absolute atomic E-state index is 0.189.